The minimum absolute atomic E-state index is 0.132. The van der Waals surface area contributed by atoms with E-state index in [1.165, 1.54) is 11.8 Å². The fourth-order valence-electron chi connectivity index (χ4n) is 4.07. The first kappa shape index (κ1) is 21.5. The normalized spacial score (nSPS) is 16.4. The van der Waals surface area contributed by atoms with E-state index in [-0.39, 0.29) is 25.3 Å². The Hall–Kier alpha value is -2.68. The SMILES string of the molecule is CSc1cc(NC(=O)c2c(N3CCCC(F)(F)CC3)cc3c(cnn3C)c2C)ccn1. The molecule has 0 radical (unpaired) electrons. The Bertz CT molecular complexity index is 1130. The Morgan fingerprint density at radius 2 is 2.06 bits per heavy atom. The molecule has 0 aliphatic carbocycles. The van der Waals surface area contributed by atoms with E-state index in [1.807, 2.05) is 37.3 Å². The minimum Gasteiger partial charge on any atom is -0.371 e. The van der Waals surface area contributed by atoms with Crippen LogP contribution in [0.4, 0.5) is 20.2 Å². The second-order valence-electron chi connectivity index (χ2n) is 7.83. The van der Waals surface area contributed by atoms with Crippen molar-refractivity contribution in [2.45, 2.75) is 37.1 Å². The molecule has 0 spiro atoms. The highest BCUT2D eigenvalue weighted by molar-refractivity contribution is 7.98. The van der Waals surface area contributed by atoms with Gasteiger partial charge in [0.05, 0.1) is 28.0 Å². The first-order valence-corrected chi connectivity index (χ1v) is 11.4. The van der Waals surface area contributed by atoms with Crippen molar-refractivity contribution < 1.29 is 13.6 Å². The molecule has 1 fully saturated rings. The van der Waals surface area contributed by atoms with Crippen LogP contribution in [0, 0.1) is 6.92 Å². The maximum atomic E-state index is 14.0. The van der Waals surface area contributed by atoms with Gasteiger partial charge in [0.2, 0.25) is 5.92 Å². The van der Waals surface area contributed by atoms with E-state index in [2.05, 4.69) is 15.4 Å². The molecule has 1 aliphatic heterocycles. The number of aromatic nitrogens is 3. The van der Waals surface area contributed by atoms with Crippen LogP contribution in [0.1, 0.15) is 35.2 Å². The molecule has 3 aromatic rings. The number of fused-ring (bicyclic) bond motifs is 1. The lowest BCUT2D eigenvalue weighted by Gasteiger charge is -2.27. The smallest absolute Gasteiger partial charge is 0.258 e. The molecule has 1 aromatic carbocycles. The predicted molar refractivity (Wildman–Crippen MR) is 120 cm³/mol. The topological polar surface area (TPSA) is 63.1 Å². The quantitative estimate of drug-likeness (QED) is 0.580. The Morgan fingerprint density at radius 1 is 1.26 bits per heavy atom. The molecule has 0 atom stereocenters. The van der Waals surface area contributed by atoms with Crippen LogP contribution in [-0.2, 0) is 7.05 Å². The monoisotopic (exact) mass is 445 g/mol. The van der Waals surface area contributed by atoms with Crippen molar-refractivity contribution >= 4 is 39.9 Å². The number of nitrogens with zero attached hydrogens (tertiary/aromatic N) is 4. The average molecular weight is 446 g/mol. The van der Waals surface area contributed by atoms with Gasteiger partial charge >= 0.3 is 0 Å². The molecular formula is C22H25F2N5OS. The lowest BCUT2D eigenvalue weighted by atomic mass is 10.00. The lowest BCUT2D eigenvalue weighted by Crippen LogP contribution is -2.29. The lowest BCUT2D eigenvalue weighted by molar-refractivity contribution is -0.0102. The summed E-state index contributed by atoms with van der Waals surface area (Å²) in [4.78, 5) is 19.6. The fourth-order valence-corrected chi connectivity index (χ4v) is 4.48. The van der Waals surface area contributed by atoms with Gasteiger partial charge in [-0.25, -0.2) is 13.8 Å². The zero-order valence-corrected chi connectivity index (χ0v) is 18.6. The molecule has 1 aliphatic rings. The predicted octanol–water partition coefficient (Wildman–Crippen LogP) is 4.88. The van der Waals surface area contributed by atoms with E-state index in [4.69, 9.17) is 0 Å². The first-order valence-electron chi connectivity index (χ1n) is 10.2. The molecule has 0 unspecified atom stereocenters. The number of pyridine rings is 1. The third-order valence-corrected chi connectivity index (χ3v) is 6.42. The highest BCUT2D eigenvalue weighted by Gasteiger charge is 2.33. The summed E-state index contributed by atoms with van der Waals surface area (Å²) in [6, 6.07) is 5.45. The van der Waals surface area contributed by atoms with Gasteiger partial charge in [-0.05, 0) is 43.4 Å². The zero-order chi connectivity index (χ0) is 22.2. The van der Waals surface area contributed by atoms with Gasteiger partial charge in [-0.1, -0.05) is 0 Å². The van der Waals surface area contributed by atoms with Crippen LogP contribution in [0.3, 0.4) is 0 Å². The number of carbonyl (C=O) groups is 1. The Morgan fingerprint density at radius 3 is 2.84 bits per heavy atom. The van der Waals surface area contributed by atoms with E-state index in [0.29, 0.717) is 29.9 Å². The van der Waals surface area contributed by atoms with Gasteiger partial charge in [0.1, 0.15) is 0 Å². The third-order valence-electron chi connectivity index (χ3n) is 5.78. The molecule has 1 saturated heterocycles. The Kier molecular flexibility index (Phi) is 5.88. The second kappa shape index (κ2) is 8.45. The summed E-state index contributed by atoms with van der Waals surface area (Å²) in [5.41, 5.74) is 3.46. The van der Waals surface area contributed by atoms with Crippen molar-refractivity contribution in [3.8, 4) is 0 Å². The van der Waals surface area contributed by atoms with Gasteiger partial charge in [-0.3, -0.25) is 9.48 Å². The molecule has 4 rings (SSSR count). The molecule has 0 bridgehead atoms. The van der Waals surface area contributed by atoms with Crippen LogP contribution >= 0.6 is 11.8 Å². The molecule has 9 heteroatoms. The number of halogens is 2. The minimum atomic E-state index is -2.67. The summed E-state index contributed by atoms with van der Waals surface area (Å²) in [7, 11) is 1.84. The van der Waals surface area contributed by atoms with Crippen LogP contribution in [-0.4, -0.2) is 45.9 Å². The summed E-state index contributed by atoms with van der Waals surface area (Å²) in [6.45, 7) is 2.56. The van der Waals surface area contributed by atoms with Crippen LogP contribution in [0.15, 0.2) is 35.6 Å². The summed E-state index contributed by atoms with van der Waals surface area (Å²) in [6.07, 6.45) is 5.32. The highest BCUT2D eigenvalue weighted by Crippen LogP contribution is 2.35. The van der Waals surface area contributed by atoms with Crippen molar-refractivity contribution in [2.75, 3.05) is 29.6 Å². The number of carbonyl (C=O) groups excluding carboxylic acids is 1. The molecule has 6 nitrogen and oxygen atoms in total. The maximum Gasteiger partial charge on any atom is 0.258 e. The number of thioether (sulfide) groups is 1. The van der Waals surface area contributed by atoms with E-state index >= 15 is 0 Å². The fraction of sp³-hybridized carbons (Fsp3) is 0.409. The van der Waals surface area contributed by atoms with Crippen molar-refractivity contribution in [1.29, 1.82) is 0 Å². The Balaban J connectivity index is 1.78. The first-order chi connectivity index (χ1) is 14.8. The van der Waals surface area contributed by atoms with E-state index in [9.17, 15) is 13.6 Å². The van der Waals surface area contributed by atoms with Gasteiger partial charge in [0, 0.05) is 50.2 Å². The van der Waals surface area contributed by atoms with Crippen molar-refractivity contribution in [3.05, 3.63) is 41.7 Å². The van der Waals surface area contributed by atoms with Gasteiger partial charge in [-0.2, -0.15) is 5.10 Å². The van der Waals surface area contributed by atoms with Crippen LogP contribution < -0.4 is 10.2 Å². The molecule has 2 aromatic heterocycles. The number of alkyl halides is 2. The molecule has 31 heavy (non-hydrogen) atoms. The number of hydrogen-bond donors (Lipinski definition) is 1. The van der Waals surface area contributed by atoms with E-state index in [0.717, 1.165) is 21.5 Å². The molecule has 0 saturated carbocycles. The molecule has 3 heterocycles. The van der Waals surface area contributed by atoms with Crippen molar-refractivity contribution in [3.63, 3.8) is 0 Å². The van der Waals surface area contributed by atoms with Gasteiger partial charge in [0.25, 0.3) is 5.91 Å². The number of hydrogen-bond acceptors (Lipinski definition) is 5. The van der Waals surface area contributed by atoms with Gasteiger partial charge in [0.15, 0.2) is 0 Å². The van der Waals surface area contributed by atoms with E-state index < -0.39 is 5.92 Å². The molecular weight excluding hydrogens is 420 g/mol. The molecule has 164 valence electrons. The number of aryl methyl sites for hydroxylation is 2. The van der Waals surface area contributed by atoms with Gasteiger partial charge in [-0.15, -0.1) is 11.8 Å². The average Bonchev–Trinajstić information content (AvgIpc) is 3.01. The summed E-state index contributed by atoms with van der Waals surface area (Å²) >= 11 is 1.49. The summed E-state index contributed by atoms with van der Waals surface area (Å²) in [5.74, 6) is -2.94. The zero-order valence-electron chi connectivity index (χ0n) is 17.8. The second-order valence-corrected chi connectivity index (χ2v) is 8.66. The van der Waals surface area contributed by atoms with E-state index in [1.54, 1.807) is 23.1 Å². The number of amides is 1. The maximum absolute atomic E-state index is 14.0. The third kappa shape index (κ3) is 4.37. The largest absolute Gasteiger partial charge is 0.371 e. The standard InChI is InChI=1S/C22H25F2N5OS/c1-14-16-13-26-28(2)17(16)12-18(29-9-4-6-22(23,24)7-10-29)20(14)21(30)27-15-5-8-25-19(11-15)31-3/h5,8,11-13H,4,6-7,9-10H2,1-3H3,(H,25,27,30). The van der Waals surface area contributed by atoms with Crippen LogP contribution in [0.2, 0.25) is 0 Å². The summed E-state index contributed by atoms with van der Waals surface area (Å²) in [5, 5.41) is 8.96. The molecule has 1 N–H and O–H groups in total. The number of nitrogens with one attached hydrogen (secondary N) is 1. The van der Waals surface area contributed by atoms with Crippen molar-refractivity contribution in [1.82, 2.24) is 14.8 Å². The highest BCUT2D eigenvalue weighted by atomic mass is 32.2. The summed E-state index contributed by atoms with van der Waals surface area (Å²) < 4.78 is 29.7. The Labute approximate surface area is 184 Å². The number of rotatable bonds is 4. The van der Waals surface area contributed by atoms with Gasteiger partial charge < -0.3 is 10.2 Å². The molecule has 1 amide bonds. The van der Waals surface area contributed by atoms with Crippen molar-refractivity contribution in [2.24, 2.45) is 7.05 Å². The van der Waals surface area contributed by atoms with Crippen LogP contribution in [0.5, 0.6) is 0 Å². The number of anilines is 2. The number of benzene rings is 1. The van der Waals surface area contributed by atoms with Crippen LogP contribution in [0.25, 0.3) is 10.9 Å².